The van der Waals surface area contributed by atoms with Crippen molar-refractivity contribution in [3.8, 4) is 11.5 Å². The molecule has 1 unspecified atom stereocenters. The second-order valence-corrected chi connectivity index (χ2v) is 17.7. The molecule has 0 fully saturated rings. The van der Waals surface area contributed by atoms with Crippen LogP contribution in [0.1, 0.15) is 36.0 Å². The van der Waals surface area contributed by atoms with Crippen LogP contribution in [0.2, 0.25) is 25.7 Å². The Morgan fingerprint density at radius 2 is 1.69 bits per heavy atom. The summed E-state index contributed by atoms with van der Waals surface area (Å²) in [4.78, 5) is 26.9. The van der Waals surface area contributed by atoms with E-state index in [2.05, 4.69) is 29.7 Å². The van der Waals surface area contributed by atoms with Crippen molar-refractivity contribution in [1.29, 1.82) is 0 Å². The second-order valence-electron chi connectivity index (χ2n) is 12.1. The number of anilines is 1. The van der Waals surface area contributed by atoms with Crippen molar-refractivity contribution in [1.82, 2.24) is 4.90 Å². The Hall–Kier alpha value is -3.94. The molecule has 0 aliphatic carbocycles. The number of hydrogen-bond acceptors (Lipinski definition) is 7. The Morgan fingerprint density at radius 1 is 1.00 bits per heavy atom. The molecule has 0 saturated carbocycles. The standard InChI is InChI=1S/C32H41BF2N2O7Si/c1-22(27-19-25(33(40)41)11-13-29(27)43-21-23-9-7-6-8-10-23)17-30(38)36-26-12-14-28(44-31(34)35)24(18-26)20-37(2)32(39)42-15-16-45(3,4)5/h6-14,18-19,22,31,40-41H,15-17,20-21H2,1-5H3,(H,36,38). The van der Waals surface area contributed by atoms with Crippen molar-refractivity contribution in [2.45, 2.75) is 64.7 Å². The van der Waals surface area contributed by atoms with Gasteiger partial charge in [-0.05, 0) is 52.8 Å². The van der Waals surface area contributed by atoms with Gasteiger partial charge in [-0.3, -0.25) is 4.79 Å². The van der Waals surface area contributed by atoms with Crippen molar-refractivity contribution >= 4 is 38.3 Å². The monoisotopic (exact) mass is 642 g/mol. The molecule has 1 atom stereocenters. The largest absolute Gasteiger partial charge is 0.489 e. The Bertz CT molecular complexity index is 1420. The summed E-state index contributed by atoms with van der Waals surface area (Å²) >= 11 is 0. The third kappa shape index (κ3) is 11.8. The normalized spacial score (nSPS) is 12.0. The Kier molecular flexibility index (Phi) is 12.9. The van der Waals surface area contributed by atoms with E-state index in [1.54, 1.807) is 18.2 Å². The number of carbonyl (C=O) groups excluding carboxylic acids is 2. The van der Waals surface area contributed by atoms with Gasteiger partial charge in [-0.25, -0.2) is 4.79 Å². The molecule has 45 heavy (non-hydrogen) atoms. The number of nitrogens with zero attached hydrogens (tertiary/aromatic N) is 1. The molecule has 0 aliphatic heterocycles. The van der Waals surface area contributed by atoms with Crippen LogP contribution in [0.15, 0.2) is 66.7 Å². The van der Waals surface area contributed by atoms with Gasteiger partial charge in [-0.15, -0.1) is 0 Å². The fraction of sp³-hybridized carbons (Fsp3) is 0.375. The molecule has 0 aliphatic rings. The molecule has 2 amide bonds. The van der Waals surface area contributed by atoms with Gasteiger partial charge in [0, 0.05) is 32.8 Å². The van der Waals surface area contributed by atoms with E-state index in [9.17, 15) is 28.4 Å². The summed E-state index contributed by atoms with van der Waals surface area (Å²) in [5.74, 6) is -0.400. The van der Waals surface area contributed by atoms with Crippen LogP contribution in [0.25, 0.3) is 0 Å². The summed E-state index contributed by atoms with van der Waals surface area (Å²) in [6, 6.07) is 19.3. The maximum Gasteiger partial charge on any atom is 0.488 e. The number of carbonyl (C=O) groups is 2. The van der Waals surface area contributed by atoms with Gasteiger partial charge >= 0.3 is 19.8 Å². The van der Waals surface area contributed by atoms with Crippen molar-refractivity contribution in [2.75, 3.05) is 19.0 Å². The number of benzene rings is 3. The number of hydrogen-bond donors (Lipinski definition) is 3. The Labute approximate surface area is 264 Å². The van der Waals surface area contributed by atoms with E-state index in [-0.39, 0.29) is 48.9 Å². The fourth-order valence-corrected chi connectivity index (χ4v) is 5.16. The van der Waals surface area contributed by atoms with E-state index >= 15 is 0 Å². The first kappa shape index (κ1) is 35.5. The second kappa shape index (κ2) is 16.4. The molecule has 9 nitrogen and oxygen atoms in total. The van der Waals surface area contributed by atoms with Crippen molar-refractivity contribution in [3.05, 3.63) is 83.4 Å². The average molecular weight is 643 g/mol. The van der Waals surface area contributed by atoms with Crippen LogP contribution in [0.4, 0.5) is 19.3 Å². The minimum Gasteiger partial charge on any atom is -0.489 e. The molecule has 3 aromatic carbocycles. The molecule has 13 heteroatoms. The summed E-state index contributed by atoms with van der Waals surface area (Å²) in [7, 11) is -1.62. The third-order valence-corrected chi connectivity index (χ3v) is 8.65. The summed E-state index contributed by atoms with van der Waals surface area (Å²) in [5, 5.41) is 22.2. The lowest BCUT2D eigenvalue weighted by molar-refractivity contribution is -0.116. The zero-order valence-electron chi connectivity index (χ0n) is 26.3. The Balaban J connectivity index is 1.72. The summed E-state index contributed by atoms with van der Waals surface area (Å²) in [6.45, 7) is 5.68. The maximum absolute atomic E-state index is 13.1. The number of alkyl halides is 2. The smallest absolute Gasteiger partial charge is 0.488 e. The van der Waals surface area contributed by atoms with Crippen LogP contribution in [-0.2, 0) is 22.7 Å². The van der Waals surface area contributed by atoms with Gasteiger partial charge < -0.3 is 34.5 Å². The topological polar surface area (TPSA) is 118 Å². The molecular weight excluding hydrogens is 601 g/mol. The molecule has 0 radical (unpaired) electrons. The first-order valence-corrected chi connectivity index (χ1v) is 18.3. The fourth-order valence-electron chi connectivity index (χ4n) is 4.45. The Morgan fingerprint density at radius 3 is 2.33 bits per heavy atom. The zero-order valence-corrected chi connectivity index (χ0v) is 27.3. The van der Waals surface area contributed by atoms with E-state index in [4.69, 9.17) is 9.47 Å². The lowest BCUT2D eigenvalue weighted by atomic mass is 9.78. The lowest BCUT2D eigenvalue weighted by Gasteiger charge is -2.21. The first-order valence-electron chi connectivity index (χ1n) is 14.6. The van der Waals surface area contributed by atoms with Gasteiger partial charge in [0.1, 0.15) is 18.1 Å². The molecule has 0 bridgehead atoms. The number of rotatable bonds is 15. The molecule has 0 aromatic heterocycles. The van der Waals surface area contributed by atoms with Gasteiger partial charge in [0.05, 0.1) is 13.2 Å². The van der Waals surface area contributed by atoms with E-state index in [0.29, 0.717) is 17.0 Å². The van der Waals surface area contributed by atoms with E-state index in [1.807, 2.05) is 37.3 Å². The van der Waals surface area contributed by atoms with E-state index < -0.39 is 33.8 Å². The molecule has 0 heterocycles. The number of ether oxygens (including phenoxy) is 3. The summed E-state index contributed by atoms with van der Waals surface area (Å²) in [6.07, 6.45) is -0.597. The third-order valence-electron chi connectivity index (χ3n) is 6.95. The van der Waals surface area contributed by atoms with Crippen molar-refractivity contribution in [2.24, 2.45) is 0 Å². The van der Waals surface area contributed by atoms with Crippen LogP contribution in [0, 0.1) is 0 Å². The predicted molar refractivity (Wildman–Crippen MR) is 173 cm³/mol. The van der Waals surface area contributed by atoms with Crippen LogP contribution in [0.5, 0.6) is 11.5 Å². The molecule has 242 valence electrons. The van der Waals surface area contributed by atoms with Gasteiger partial charge in [-0.1, -0.05) is 69.0 Å². The molecular formula is C32H41BF2N2O7Si. The average Bonchev–Trinajstić information content (AvgIpc) is 2.96. The highest BCUT2D eigenvalue weighted by Gasteiger charge is 2.22. The minimum atomic E-state index is -3.08. The van der Waals surface area contributed by atoms with Crippen molar-refractivity contribution in [3.63, 3.8) is 0 Å². The highest BCUT2D eigenvalue weighted by atomic mass is 28.3. The lowest BCUT2D eigenvalue weighted by Crippen LogP contribution is -2.30. The highest BCUT2D eigenvalue weighted by Crippen LogP contribution is 2.30. The number of halogens is 2. The van der Waals surface area contributed by atoms with Crippen molar-refractivity contribution < 1.29 is 42.6 Å². The molecule has 3 N–H and O–H groups in total. The molecule has 0 saturated heterocycles. The van der Waals surface area contributed by atoms with Gasteiger partial charge in [0.2, 0.25) is 5.91 Å². The van der Waals surface area contributed by atoms with Crippen LogP contribution >= 0.6 is 0 Å². The van der Waals surface area contributed by atoms with E-state index in [1.165, 1.54) is 30.1 Å². The molecule has 3 rings (SSSR count). The van der Waals surface area contributed by atoms with E-state index in [0.717, 1.165) is 11.6 Å². The van der Waals surface area contributed by atoms with Crippen LogP contribution in [0.3, 0.4) is 0 Å². The maximum atomic E-state index is 13.1. The minimum absolute atomic E-state index is 0.000607. The SMILES string of the molecule is CC(CC(=O)Nc1ccc(OC(F)F)c(CN(C)C(=O)OCC[Si](C)(C)C)c1)c1cc(B(O)O)ccc1OCc1ccccc1. The molecule has 3 aromatic rings. The van der Waals surface area contributed by atoms with Crippen LogP contribution in [-0.4, -0.2) is 62.4 Å². The number of amides is 2. The highest BCUT2D eigenvalue weighted by molar-refractivity contribution is 6.76. The quantitative estimate of drug-likeness (QED) is 0.185. The van der Waals surface area contributed by atoms with Crippen LogP contribution < -0.4 is 20.3 Å². The summed E-state index contributed by atoms with van der Waals surface area (Å²) < 4.78 is 42.3. The number of nitrogens with one attached hydrogen (secondary N) is 1. The zero-order chi connectivity index (χ0) is 33.1. The van der Waals surface area contributed by atoms with Gasteiger partial charge in [-0.2, -0.15) is 8.78 Å². The summed E-state index contributed by atoms with van der Waals surface area (Å²) in [5.41, 5.74) is 2.39. The van der Waals surface area contributed by atoms with Gasteiger partial charge in [0.25, 0.3) is 0 Å². The van der Waals surface area contributed by atoms with Gasteiger partial charge in [0.15, 0.2) is 0 Å². The first-order chi connectivity index (χ1) is 21.2. The molecule has 0 spiro atoms. The predicted octanol–water partition coefficient (Wildman–Crippen LogP) is 5.59.